The van der Waals surface area contributed by atoms with Gasteiger partial charge in [-0.3, -0.25) is 4.99 Å². The highest BCUT2D eigenvalue weighted by atomic mass is 16.5. The predicted molar refractivity (Wildman–Crippen MR) is 116 cm³/mol. The minimum atomic E-state index is 0.724. The van der Waals surface area contributed by atoms with Gasteiger partial charge in [-0.05, 0) is 51.3 Å². The number of rotatable bonds is 10. The van der Waals surface area contributed by atoms with Crippen LogP contribution in [0, 0.1) is 5.92 Å². The van der Waals surface area contributed by atoms with Gasteiger partial charge in [0, 0.05) is 51.9 Å². The molecule has 0 amide bonds. The van der Waals surface area contributed by atoms with Crippen LogP contribution in [0.2, 0.25) is 0 Å². The van der Waals surface area contributed by atoms with Crippen molar-refractivity contribution < 1.29 is 4.74 Å². The molecular formula is C22H37N5O. The molecule has 1 saturated heterocycles. The lowest BCUT2D eigenvalue weighted by Gasteiger charge is -2.32. The number of guanidine groups is 1. The van der Waals surface area contributed by atoms with E-state index in [4.69, 9.17) is 4.74 Å². The van der Waals surface area contributed by atoms with Gasteiger partial charge < -0.3 is 25.2 Å². The summed E-state index contributed by atoms with van der Waals surface area (Å²) < 4.78 is 6.00. The van der Waals surface area contributed by atoms with E-state index in [0.717, 1.165) is 43.7 Å². The van der Waals surface area contributed by atoms with Gasteiger partial charge >= 0.3 is 0 Å². The van der Waals surface area contributed by atoms with Gasteiger partial charge in [0.1, 0.15) is 5.75 Å². The molecule has 0 atom stereocenters. The molecule has 1 aromatic carbocycles. The Morgan fingerprint density at radius 3 is 2.64 bits per heavy atom. The summed E-state index contributed by atoms with van der Waals surface area (Å²) in [7, 11) is 4.03. The molecule has 6 heteroatoms. The quantitative estimate of drug-likeness (QED) is 0.366. The van der Waals surface area contributed by atoms with Crippen molar-refractivity contribution in [3.05, 3.63) is 29.8 Å². The molecule has 156 valence electrons. The van der Waals surface area contributed by atoms with Crippen molar-refractivity contribution in [2.24, 2.45) is 10.9 Å². The van der Waals surface area contributed by atoms with Crippen molar-refractivity contribution >= 4 is 5.96 Å². The van der Waals surface area contributed by atoms with Crippen LogP contribution in [0.3, 0.4) is 0 Å². The third-order valence-corrected chi connectivity index (χ3v) is 5.60. The zero-order valence-electron chi connectivity index (χ0n) is 17.6. The predicted octanol–water partition coefficient (Wildman–Crippen LogP) is 2.17. The Morgan fingerprint density at radius 2 is 1.89 bits per heavy atom. The number of hydrogen-bond donors (Lipinski definition) is 2. The Labute approximate surface area is 170 Å². The van der Waals surface area contributed by atoms with Crippen LogP contribution in [0.15, 0.2) is 29.3 Å². The highest BCUT2D eigenvalue weighted by Gasteiger charge is 2.22. The van der Waals surface area contributed by atoms with E-state index in [9.17, 15) is 0 Å². The third kappa shape index (κ3) is 7.32. The molecular weight excluding hydrogens is 350 g/mol. The topological polar surface area (TPSA) is 52.1 Å². The Bertz CT molecular complexity index is 609. The van der Waals surface area contributed by atoms with Crippen molar-refractivity contribution in [3.63, 3.8) is 0 Å². The highest BCUT2D eigenvalue weighted by molar-refractivity contribution is 5.79. The molecule has 1 aliphatic carbocycles. The number of piperazine rings is 1. The van der Waals surface area contributed by atoms with Crippen LogP contribution >= 0.6 is 0 Å². The molecule has 1 heterocycles. The Kier molecular flexibility index (Phi) is 8.42. The molecule has 0 aromatic heterocycles. The van der Waals surface area contributed by atoms with Gasteiger partial charge in [0.05, 0.1) is 6.61 Å². The van der Waals surface area contributed by atoms with Crippen LogP contribution in [-0.4, -0.2) is 75.7 Å². The van der Waals surface area contributed by atoms with Gasteiger partial charge in [0.25, 0.3) is 0 Å². The summed E-state index contributed by atoms with van der Waals surface area (Å²) >= 11 is 0. The van der Waals surface area contributed by atoms with Crippen molar-refractivity contribution in [1.29, 1.82) is 0 Å². The van der Waals surface area contributed by atoms with Gasteiger partial charge in [0.15, 0.2) is 5.96 Å². The van der Waals surface area contributed by atoms with E-state index < -0.39 is 0 Å². The zero-order chi connectivity index (χ0) is 19.6. The fraction of sp³-hybridized carbons (Fsp3) is 0.682. The molecule has 0 bridgehead atoms. The molecule has 2 N–H and O–H groups in total. The van der Waals surface area contributed by atoms with Gasteiger partial charge in [0.2, 0.25) is 0 Å². The monoisotopic (exact) mass is 387 g/mol. The second kappa shape index (κ2) is 11.3. The summed E-state index contributed by atoms with van der Waals surface area (Å²) in [5.74, 6) is 2.61. The SMILES string of the molecule is CN=C(NCCCCN1CCN(C)CC1)NCc1ccccc1OCC1CC1. The fourth-order valence-electron chi connectivity index (χ4n) is 3.42. The molecule has 0 spiro atoms. The summed E-state index contributed by atoms with van der Waals surface area (Å²) in [5, 5.41) is 6.85. The first-order chi connectivity index (χ1) is 13.7. The standard InChI is InChI=1S/C22H37N5O/c1-23-22(24-11-5-6-12-27-15-13-26(2)14-16-27)25-17-20-7-3-4-8-21(20)28-18-19-9-10-19/h3-4,7-8,19H,5-6,9-18H2,1-2H3,(H2,23,24,25). The second-order valence-electron chi connectivity index (χ2n) is 8.07. The highest BCUT2D eigenvalue weighted by Crippen LogP contribution is 2.30. The summed E-state index contributed by atoms with van der Waals surface area (Å²) in [6, 6.07) is 8.29. The molecule has 28 heavy (non-hydrogen) atoms. The van der Waals surface area contributed by atoms with Crippen molar-refractivity contribution in [1.82, 2.24) is 20.4 Å². The van der Waals surface area contributed by atoms with Crippen LogP contribution in [0.1, 0.15) is 31.2 Å². The van der Waals surface area contributed by atoms with Crippen LogP contribution in [0.4, 0.5) is 0 Å². The van der Waals surface area contributed by atoms with E-state index in [1.165, 1.54) is 57.5 Å². The fourth-order valence-corrected chi connectivity index (χ4v) is 3.42. The molecule has 6 nitrogen and oxygen atoms in total. The van der Waals surface area contributed by atoms with Crippen LogP contribution < -0.4 is 15.4 Å². The lowest BCUT2D eigenvalue weighted by molar-refractivity contribution is 0.152. The average Bonchev–Trinajstić information content (AvgIpc) is 3.55. The number of ether oxygens (including phenoxy) is 1. The van der Waals surface area contributed by atoms with Crippen LogP contribution in [-0.2, 0) is 6.54 Å². The maximum atomic E-state index is 6.00. The van der Waals surface area contributed by atoms with Crippen molar-refractivity contribution in [2.45, 2.75) is 32.2 Å². The summed E-state index contributed by atoms with van der Waals surface area (Å²) in [6.07, 6.45) is 5.01. The Balaban J connectivity index is 1.31. The maximum absolute atomic E-state index is 6.00. The summed E-state index contributed by atoms with van der Waals surface area (Å²) in [6.45, 7) is 8.52. The number of aliphatic imine (C=N–C) groups is 1. The molecule has 3 rings (SSSR count). The molecule has 0 radical (unpaired) electrons. The van der Waals surface area contributed by atoms with E-state index in [-0.39, 0.29) is 0 Å². The second-order valence-corrected chi connectivity index (χ2v) is 8.07. The first-order valence-corrected chi connectivity index (χ1v) is 10.8. The van der Waals surface area contributed by atoms with E-state index in [0.29, 0.717) is 0 Å². The number of para-hydroxylation sites is 1. The van der Waals surface area contributed by atoms with Gasteiger partial charge in [-0.25, -0.2) is 0 Å². The number of likely N-dealkylation sites (N-methyl/N-ethyl adjacent to an activating group) is 1. The lowest BCUT2D eigenvalue weighted by Crippen LogP contribution is -2.44. The number of unbranched alkanes of at least 4 members (excludes halogenated alkanes) is 1. The molecule has 0 unspecified atom stereocenters. The van der Waals surface area contributed by atoms with E-state index in [1.54, 1.807) is 0 Å². The largest absolute Gasteiger partial charge is 0.493 e. The smallest absolute Gasteiger partial charge is 0.191 e. The van der Waals surface area contributed by atoms with Crippen molar-refractivity contribution in [3.8, 4) is 5.75 Å². The van der Waals surface area contributed by atoms with Crippen LogP contribution in [0.25, 0.3) is 0 Å². The minimum absolute atomic E-state index is 0.724. The van der Waals surface area contributed by atoms with E-state index in [1.807, 2.05) is 13.1 Å². The minimum Gasteiger partial charge on any atom is -0.493 e. The van der Waals surface area contributed by atoms with Crippen molar-refractivity contribution in [2.75, 3.05) is 60.0 Å². The first kappa shape index (κ1) is 20.9. The molecule has 1 aromatic rings. The number of nitrogens with one attached hydrogen (secondary N) is 2. The number of hydrogen-bond acceptors (Lipinski definition) is 4. The summed E-state index contributed by atoms with van der Waals surface area (Å²) in [5.41, 5.74) is 1.18. The van der Waals surface area contributed by atoms with Gasteiger partial charge in [-0.15, -0.1) is 0 Å². The lowest BCUT2D eigenvalue weighted by atomic mass is 10.2. The average molecular weight is 388 g/mol. The Hall–Kier alpha value is -1.79. The van der Waals surface area contributed by atoms with Gasteiger partial charge in [-0.1, -0.05) is 18.2 Å². The zero-order valence-corrected chi connectivity index (χ0v) is 17.6. The van der Waals surface area contributed by atoms with E-state index in [2.05, 4.69) is 50.7 Å². The first-order valence-electron chi connectivity index (χ1n) is 10.8. The Morgan fingerprint density at radius 1 is 1.11 bits per heavy atom. The molecule has 1 aliphatic heterocycles. The third-order valence-electron chi connectivity index (χ3n) is 5.60. The molecule has 2 aliphatic rings. The maximum Gasteiger partial charge on any atom is 0.191 e. The van der Waals surface area contributed by atoms with Crippen LogP contribution in [0.5, 0.6) is 5.75 Å². The number of benzene rings is 1. The van der Waals surface area contributed by atoms with Gasteiger partial charge in [-0.2, -0.15) is 0 Å². The normalized spacial score (nSPS) is 18.9. The summed E-state index contributed by atoms with van der Waals surface area (Å²) in [4.78, 5) is 9.33. The molecule has 1 saturated carbocycles. The van der Waals surface area contributed by atoms with E-state index >= 15 is 0 Å². The number of nitrogens with zero attached hydrogens (tertiary/aromatic N) is 3. The molecule has 2 fully saturated rings.